The number of aromatic hydroxyl groups is 1. The highest BCUT2D eigenvalue weighted by atomic mass is 35.5. The molecule has 0 unspecified atom stereocenters. The molecule has 1 amide bonds. The summed E-state index contributed by atoms with van der Waals surface area (Å²) >= 11 is 7.14. The first-order chi connectivity index (χ1) is 12.4. The molecule has 1 aliphatic heterocycles. The summed E-state index contributed by atoms with van der Waals surface area (Å²) in [5.74, 6) is -0.895. The molecule has 0 aliphatic carbocycles. The van der Waals surface area contributed by atoms with Crippen LogP contribution in [-0.4, -0.2) is 21.1 Å². The fraction of sp³-hybridized carbons (Fsp3) is 0.0588. The lowest BCUT2D eigenvalue weighted by atomic mass is 10.1. The zero-order chi connectivity index (χ0) is 18.8. The molecular formula is C17H12ClN3O4S. The number of nitrogens with one attached hydrogen (secondary N) is 1. The highest BCUT2D eigenvalue weighted by Crippen LogP contribution is 2.35. The van der Waals surface area contributed by atoms with Crippen LogP contribution in [0.3, 0.4) is 0 Å². The van der Waals surface area contributed by atoms with Gasteiger partial charge in [0.1, 0.15) is 0 Å². The number of amidine groups is 1. The molecular weight excluding hydrogens is 378 g/mol. The Bertz CT molecular complexity index is 988. The molecule has 1 aliphatic rings. The summed E-state index contributed by atoms with van der Waals surface area (Å²) in [7, 11) is 0. The molecule has 1 heterocycles. The van der Waals surface area contributed by atoms with Crippen LogP contribution >= 0.6 is 23.4 Å². The number of thioether (sulfide) groups is 1. The average Bonchev–Trinajstić information content (AvgIpc) is 2.93. The molecule has 26 heavy (non-hydrogen) atoms. The molecule has 7 nitrogen and oxygen atoms in total. The highest BCUT2D eigenvalue weighted by molar-refractivity contribution is 8.18. The Balaban J connectivity index is 1.92. The Labute approximate surface area is 157 Å². The van der Waals surface area contributed by atoms with Crippen molar-refractivity contribution in [2.24, 2.45) is 4.99 Å². The molecule has 0 saturated carbocycles. The second kappa shape index (κ2) is 7.19. The van der Waals surface area contributed by atoms with Gasteiger partial charge in [-0.05, 0) is 42.5 Å². The lowest BCUT2D eigenvalue weighted by Gasteiger charge is -2.02. The van der Waals surface area contributed by atoms with Gasteiger partial charge in [-0.3, -0.25) is 14.9 Å². The van der Waals surface area contributed by atoms with E-state index in [9.17, 15) is 20.0 Å². The van der Waals surface area contributed by atoms with Crippen LogP contribution in [0.1, 0.15) is 11.1 Å². The van der Waals surface area contributed by atoms with Gasteiger partial charge in [0.25, 0.3) is 5.91 Å². The smallest absolute Gasteiger partial charge is 0.311 e. The van der Waals surface area contributed by atoms with Crippen molar-refractivity contribution in [3.8, 4) is 5.75 Å². The maximum Gasteiger partial charge on any atom is 0.311 e. The molecule has 1 saturated heterocycles. The quantitative estimate of drug-likeness (QED) is 0.466. The first-order valence-corrected chi connectivity index (χ1v) is 8.57. The van der Waals surface area contributed by atoms with E-state index in [1.54, 1.807) is 18.2 Å². The Hall–Kier alpha value is -2.84. The average molecular weight is 390 g/mol. The van der Waals surface area contributed by atoms with Crippen molar-refractivity contribution in [2.75, 3.05) is 0 Å². The van der Waals surface area contributed by atoms with Crippen LogP contribution in [0.4, 0.5) is 11.4 Å². The van der Waals surface area contributed by atoms with Crippen molar-refractivity contribution in [3.63, 3.8) is 0 Å². The number of rotatable bonds is 3. The first-order valence-electron chi connectivity index (χ1n) is 7.38. The molecule has 0 atom stereocenters. The number of phenols is 1. The summed E-state index contributed by atoms with van der Waals surface area (Å²) in [4.78, 5) is 27.0. The summed E-state index contributed by atoms with van der Waals surface area (Å²) in [5, 5.41) is 24.5. The Morgan fingerprint density at radius 3 is 2.77 bits per heavy atom. The minimum absolute atomic E-state index is 0.178. The number of nitrogens with zero attached hydrogens (tertiary/aromatic N) is 2. The van der Waals surface area contributed by atoms with Gasteiger partial charge in [0.2, 0.25) is 5.75 Å². The summed E-state index contributed by atoms with van der Waals surface area (Å²) < 4.78 is 0. The summed E-state index contributed by atoms with van der Waals surface area (Å²) in [6, 6.07) is 9.39. The van der Waals surface area contributed by atoms with Gasteiger partial charge in [-0.2, -0.15) is 0 Å². The number of para-hydroxylation sites is 1. The summed E-state index contributed by atoms with van der Waals surface area (Å²) in [6.45, 7) is 1.82. The summed E-state index contributed by atoms with van der Waals surface area (Å²) in [5.41, 5.74) is 1.16. The second-order valence-corrected chi connectivity index (χ2v) is 6.78. The van der Waals surface area contributed by atoms with Crippen LogP contribution in [0, 0.1) is 17.0 Å². The number of halogens is 1. The minimum Gasteiger partial charge on any atom is -0.502 e. The topological polar surface area (TPSA) is 105 Å². The molecule has 2 aromatic rings. The van der Waals surface area contributed by atoms with Gasteiger partial charge in [-0.1, -0.05) is 29.8 Å². The van der Waals surface area contributed by atoms with Crippen molar-refractivity contribution in [1.82, 2.24) is 5.32 Å². The Morgan fingerprint density at radius 1 is 1.31 bits per heavy atom. The fourth-order valence-corrected chi connectivity index (χ4v) is 3.26. The van der Waals surface area contributed by atoms with Gasteiger partial charge in [-0.15, -0.1) is 0 Å². The van der Waals surface area contributed by atoms with E-state index in [1.165, 1.54) is 24.3 Å². The van der Waals surface area contributed by atoms with Crippen molar-refractivity contribution in [3.05, 3.63) is 67.6 Å². The van der Waals surface area contributed by atoms with Crippen molar-refractivity contribution in [2.45, 2.75) is 6.92 Å². The van der Waals surface area contributed by atoms with Gasteiger partial charge in [-0.25, -0.2) is 4.99 Å². The standard InChI is InChI=1S/C17H12ClN3O4S/c1-9-11(18)5-3-6-12(9)19-17-20-16(23)14(26-17)8-10-4-2-7-13(15(10)22)21(24)25/h2-8,22H,1H3,(H,19,20,23)/b14-8+. The van der Waals surface area contributed by atoms with Crippen LogP contribution in [0.5, 0.6) is 5.75 Å². The van der Waals surface area contributed by atoms with E-state index >= 15 is 0 Å². The third-order valence-electron chi connectivity index (χ3n) is 3.64. The number of nitro groups is 1. The zero-order valence-corrected chi connectivity index (χ0v) is 15.0. The molecule has 1 fully saturated rings. The normalized spacial score (nSPS) is 16.9. The number of hydrogen-bond acceptors (Lipinski definition) is 6. The molecule has 0 bridgehead atoms. The molecule has 9 heteroatoms. The number of phenolic OH excluding ortho intramolecular Hbond substituents is 1. The van der Waals surface area contributed by atoms with E-state index < -0.39 is 22.3 Å². The maximum absolute atomic E-state index is 12.1. The van der Waals surface area contributed by atoms with Gasteiger partial charge in [0, 0.05) is 16.7 Å². The molecule has 3 rings (SSSR count). The first kappa shape index (κ1) is 18.0. The third-order valence-corrected chi connectivity index (χ3v) is 4.96. The van der Waals surface area contributed by atoms with Gasteiger partial charge >= 0.3 is 5.69 Å². The predicted molar refractivity (Wildman–Crippen MR) is 102 cm³/mol. The van der Waals surface area contributed by atoms with Crippen molar-refractivity contribution in [1.29, 1.82) is 0 Å². The van der Waals surface area contributed by atoms with E-state index in [2.05, 4.69) is 10.3 Å². The number of amides is 1. The van der Waals surface area contributed by atoms with Crippen LogP contribution < -0.4 is 5.32 Å². The lowest BCUT2D eigenvalue weighted by molar-refractivity contribution is -0.385. The van der Waals surface area contributed by atoms with Crippen molar-refractivity contribution >= 4 is 51.9 Å². The van der Waals surface area contributed by atoms with Crippen LogP contribution in [0.15, 0.2) is 46.3 Å². The van der Waals surface area contributed by atoms with E-state index in [1.807, 2.05) is 6.92 Å². The molecule has 0 radical (unpaired) electrons. The number of benzene rings is 2. The molecule has 2 N–H and O–H groups in total. The summed E-state index contributed by atoms with van der Waals surface area (Å²) in [6.07, 6.45) is 1.38. The zero-order valence-electron chi connectivity index (χ0n) is 13.4. The Kier molecular flexibility index (Phi) is 4.97. The van der Waals surface area contributed by atoms with Gasteiger partial charge in [0.15, 0.2) is 5.17 Å². The van der Waals surface area contributed by atoms with Crippen molar-refractivity contribution < 1.29 is 14.8 Å². The van der Waals surface area contributed by atoms with Crippen LogP contribution in [0.2, 0.25) is 5.02 Å². The number of carbonyl (C=O) groups is 1. The van der Waals surface area contributed by atoms with Crippen LogP contribution in [0.25, 0.3) is 6.08 Å². The van der Waals surface area contributed by atoms with E-state index in [-0.39, 0.29) is 10.5 Å². The maximum atomic E-state index is 12.1. The number of aliphatic imine (C=N–C) groups is 1. The second-order valence-electron chi connectivity index (χ2n) is 5.34. The van der Waals surface area contributed by atoms with Crippen LogP contribution in [-0.2, 0) is 4.79 Å². The third kappa shape index (κ3) is 3.56. The number of nitro benzene ring substituents is 1. The molecule has 0 aromatic heterocycles. The Morgan fingerprint density at radius 2 is 2.04 bits per heavy atom. The van der Waals surface area contributed by atoms with E-state index in [0.29, 0.717) is 15.9 Å². The monoisotopic (exact) mass is 389 g/mol. The van der Waals surface area contributed by atoms with E-state index in [0.717, 1.165) is 17.3 Å². The van der Waals surface area contributed by atoms with Gasteiger partial charge in [0.05, 0.1) is 15.5 Å². The molecule has 2 aromatic carbocycles. The SMILES string of the molecule is Cc1c(Cl)cccc1N=C1NC(=O)/C(=C\c2cccc([N+](=O)[O-])c2O)S1. The lowest BCUT2D eigenvalue weighted by Crippen LogP contribution is -2.19. The number of hydrogen-bond donors (Lipinski definition) is 2. The minimum atomic E-state index is -0.686. The number of carbonyl (C=O) groups excluding carboxylic acids is 1. The largest absolute Gasteiger partial charge is 0.502 e. The fourth-order valence-electron chi connectivity index (χ4n) is 2.26. The molecule has 132 valence electrons. The van der Waals surface area contributed by atoms with E-state index in [4.69, 9.17) is 11.6 Å². The predicted octanol–water partition coefficient (Wildman–Crippen LogP) is 4.15. The van der Waals surface area contributed by atoms with Gasteiger partial charge < -0.3 is 10.4 Å². The highest BCUT2D eigenvalue weighted by Gasteiger charge is 2.25. The molecule has 0 spiro atoms.